The van der Waals surface area contributed by atoms with Gasteiger partial charge in [0, 0.05) is 30.0 Å². The van der Waals surface area contributed by atoms with Crippen LogP contribution in [0.5, 0.6) is 17.2 Å². The molecule has 2 bridgehead atoms. The maximum atomic E-state index is 13.3. The Morgan fingerprint density at radius 2 is 2.08 bits per heavy atom. The molecule has 2 fully saturated rings. The molecule has 0 unspecified atom stereocenters. The Kier molecular flexibility index (Phi) is 5.85. The third-order valence-corrected chi connectivity index (χ3v) is 9.38. The predicted molar refractivity (Wildman–Crippen MR) is 137 cm³/mol. The third kappa shape index (κ3) is 3.61. The fraction of sp³-hybridized carbons (Fsp3) is 0.464. The molecule has 2 aromatic rings. The summed E-state index contributed by atoms with van der Waals surface area (Å²) in [7, 11) is 3.50. The van der Waals surface area contributed by atoms with E-state index in [1.807, 2.05) is 18.0 Å². The highest BCUT2D eigenvalue weighted by Gasteiger charge is 2.80. The van der Waals surface area contributed by atoms with Crippen molar-refractivity contribution in [1.82, 2.24) is 9.80 Å². The van der Waals surface area contributed by atoms with Gasteiger partial charge in [-0.15, -0.1) is 13.2 Å². The highest BCUT2D eigenvalue weighted by Crippen LogP contribution is 2.66. The lowest BCUT2D eigenvalue weighted by Crippen LogP contribution is -2.80. The smallest absolute Gasteiger partial charge is 0.504 e. The second kappa shape index (κ2) is 8.85. The first-order valence-corrected chi connectivity index (χ1v) is 13.1. The summed E-state index contributed by atoms with van der Waals surface area (Å²) in [5, 5.41) is 23.7. The number of carbonyl (C=O) groups excluding carboxylic acids is 1. The Balaban J connectivity index is 1.34. The van der Waals surface area contributed by atoms with Gasteiger partial charge in [-0.3, -0.25) is 19.8 Å². The standard InChI is InChI=1S/C28H28F3N3O6/c1-32-13-12-26-23-17-7-8-20(35)24(23)39-25(26)19(10-11-27(26,34(37)38)21(32)15-17)33(2)22(36)9-6-16-4-3-5-18(14-16)40-28(29,30)31/h3-9,14,19,21,25,35H,10-13,15H2,1-2H3/t19-,21+,25-,26-,27+/m0/s1. The molecule has 4 aliphatic rings. The Hall–Kier alpha value is -3.80. The van der Waals surface area contributed by atoms with Crippen LogP contribution in [0, 0.1) is 10.1 Å². The lowest BCUT2D eigenvalue weighted by molar-refractivity contribution is -0.605. The molecule has 2 heterocycles. The van der Waals surface area contributed by atoms with Crippen molar-refractivity contribution in [2.24, 2.45) is 0 Å². The van der Waals surface area contributed by atoms with Crippen LogP contribution in [0.4, 0.5) is 13.2 Å². The van der Waals surface area contributed by atoms with E-state index in [2.05, 4.69) is 4.74 Å². The second-order valence-electron chi connectivity index (χ2n) is 11.1. The van der Waals surface area contributed by atoms with Gasteiger partial charge in [-0.2, -0.15) is 0 Å². The van der Waals surface area contributed by atoms with E-state index < -0.39 is 41.1 Å². The number of alkyl halides is 3. The molecule has 0 radical (unpaired) electrons. The number of benzene rings is 2. The molecular weight excluding hydrogens is 531 g/mol. The zero-order chi connectivity index (χ0) is 28.6. The van der Waals surface area contributed by atoms with Crippen molar-refractivity contribution in [2.75, 3.05) is 20.6 Å². The van der Waals surface area contributed by atoms with E-state index in [-0.39, 0.29) is 28.9 Å². The van der Waals surface area contributed by atoms with Crippen LogP contribution in [0.1, 0.15) is 36.0 Å². The van der Waals surface area contributed by atoms with Crippen molar-refractivity contribution in [3.05, 3.63) is 69.3 Å². The Morgan fingerprint density at radius 3 is 2.80 bits per heavy atom. The number of rotatable bonds is 5. The van der Waals surface area contributed by atoms with Crippen molar-refractivity contribution in [3.8, 4) is 17.2 Å². The number of nitro groups is 1. The molecule has 2 aliphatic heterocycles. The second-order valence-corrected chi connectivity index (χ2v) is 11.1. The number of hydrogen-bond acceptors (Lipinski definition) is 7. The van der Waals surface area contributed by atoms with Gasteiger partial charge >= 0.3 is 6.36 Å². The summed E-state index contributed by atoms with van der Waals surface area (Å²) >= 11 is 0. The lowest BCUT2D eigenvalue weighted by Gasteiger charge is -2.61. The number of aromatic hydroxyl groups is 1. The first-order chi connectivity index (χ1) is 18.9. The number of piperidine rings is 1. The van der Waals surface area contributed by atoms with Gasteiger partial charge < -0.3 is 19.5 Å². The number of likely N-dealkylation sites (N-methyl/N-ethyl adjacent to an activating group) is 2. The number of amides is 1. The molecule has 1 spiro atoms. The van der Waals surface area contributed by atoms with Crippen molar-refractivity contribution < 1.29 is 37.5 Å². The number of halogens is 3. The van der Waals surface area contributed by atoms with E-state index in [4.69, 9.17) is 4.74 Å². The average molecular weight is 560 g/mol. The molecule has 40 heavy (non-hydrogen) atoms. The van der Waals surface area contributed by atoms with Gasteiger partial charge in [-0.05, 0) is 68.3 Å². The van der Waals surface area contributed by atoms with Gasteiger partial charge in [0.1, 0.15) is 17.3 Å². The van der Waals surface area contributed by atoms with Crippen LogP contribution < -0.4 is 9.47 Å². The molecule has 1 N–H and O–H groups in total. The first kappa shape index (κ1) is 26.4. The van der Waals surface area contributed by atoms with Gasteiger partial charge in [0.2, 0.25) is 5.91 Å². The van der Waals surface area contributed by atoms with Crippen molar-refractivity contribution in [3.63, 3.8) is 0 Å². The van der Waals surface area contributed by atoms with E-state index in [1.54, 1.807) is 19.2 Å². The molecule has 12 heteroatoms. The number of ether oxygens (including phenoxy) is 2. The number of phenolic OH excluding ortho intramolecular Hbond substituents is 1. The zero-order valence-electron chi connectivity index (χ0n) is 21.9. The molecule has 212 valence electrons. The van der Waals surface area contributed by atoms with Gasteiger partial charge in [0.05, 0.1) is 12.1 Å². The fourth-order valence-electron chi connectivity index (χ4n) is 7.76. The van der Waals surface area contributed by atoms with Crippen molar-refractivity contribution >= 4 is 12.0 Å². The maximum absolute atomic E-state index is 13.3. The van der Waals surface area contributed by atoms with Crippen LogP contribution in [0.2, 0.25) is 0 Å². The van der Waals surface area contributed by atoms with E-state index in [9.17, 15) is 33.2 Å². The predicted octanol–water partition coefficient (Wildman–Crippen LogP) is 3.90. The van der Waals surface area contributed by atoms with Crippen molar-refractivity contribution in [2.45, 2.75) is 61.2 Å². The zero-order valence-corrected chi connectivity index (χ0v) is 21.9. The molecular formula is C28H28F3N3O6. The largest absolute Gasteiger partial charge is 0.573 e. The maximum Gasteiger partial charge on any atom is 0.573 e. The molecule has 9 nitrogen and oxygen atoms in total. The van der Waals surface area contributed by atoms with Crippen molar-refractivity contribution in [1.29, 1.82) is 0 Å². The van der Waals surface area contributed by atoms with Gasteiger partial charge in [0.15, 0.2) is 11.5 Å². The average Bonchev–Trinajstić information content (AvgIpc) is 3.25. The number of nitrogens with zero attached hydrogens (tertiary/aromatic N) is 3. The molecule has 2 aromatic carbocycles. The highest BCUT2D eigenvalue weighted by molar-refractivity contribution is 5.92. The first-order valence-electron chi connectivity index (χ1n) is 13.1. The van der Waals surface area contributed by atoms with E-state index in [1.165, 1.54) is 35.3 Å². The van der Waals surface area contributed by atoms with E-state index in [0.717, 1.165) is 5.56 Å². The molecule has 5 atom stereocenters. The molecule has 0 aromatic heterocycles. The van der Waals surface area contributed by atoms with E-state index in [0.29, 0.717) is 36.9 Å². The normalized spacial score (nSPS) is 30.5. The van der Waals surface area contributed by atoms with Gasteiger partial charge in [-0.25, -0.2) is 0 Å². The molecule has 6 rings (SSSR count). The van der Waals surface area contributed by atoms with Crippen LogP contribution in [0.15, 0.2) is 42.5 Å². The van der Waals surface area contributed by atoms with Gasteiger partial charge in [-0.1, -0.05) is 18.2 Å². The summed E-state index contributed by atoms with van der Waals surface area (Å²) in [5.74, 6) is -0.645. The number of carbonyl (C=O) groups is 1. The van der Waals surface area contributed by atoms with Crippen LogP contribution in [-0.2, 0) is 16.6 Å². The Morgan fingerprint density at radius 1 is 1.30 bits per heavy atom. The lowest BCUT2D eigenvalue weighted by atomic mass is 9.47. The monoisotopic (exact) mass is 559 g/mol. The summed E-state index contributed by atoms with van der Waals surface area (Å²) < 4.78 is 48.2. The summed E-state index contributed by atoms with van der Waals surface area (Å²) in [5.41, 5.74) is -0.422. The third-order valence-electron chi connectivity index (χ3n) is 9.38. The van der Waals surface area contributed by atoms with Crippen LogP contribution in [-0.4, -0.2) is 76.5 Å². The minimum atomic E-state index is -4.84. The SMILES string of the molecule is CN1CC[C@]23c4c5ccc(O)c4O[C@H]2[C@@H](N(C)C(=O)C=Cc2cccc(OC(F)(F)F)c2)CC[C@@]3([N+](=O)[O-])[C@H]1C5. The topological polar surface area (TPSA) is 105 Å². The Labute approximate surface area is 227 Å². The van der Waals surface area contributed by atoms with E-state index >= 15 is 0 Å². The molecule has 2 aliphatic carbocycles. The minimum Gasteiger partial charge on any atom is -0.504 e. The Bertz CT molecular complexity index is 1430. The summed E-state index contributed by atoms with van der Waals surface area (Å²) in [6.07, 6.45) is -1.49. The quantitative estimate of drug-likeness (QED) is 0.337. The van der Waals surface area contributed by atoms with Crippen LogP contribution in [0.3, 0.4) is 0 Å². The van der Waals surface area contributed by atoms with Gasteiger partial charge in [0.25, 0.3) is 5.54 Å². The molecule has 1 amide bonds. The number of phenols is 1. The number of likely N-dealkylation sites (tertiary alicyclic amines) is 1. The minimum absolute atomic E-state index is 0.0780. The van der Waals surface area contributed by atoms with Crippen LogP contribution >= 0.6 is 0 Å². The van der Waals surface area contributed by atoms with Crippen LogP contribution in [0.25, 0.3) is 6.08 Å². The molecule has 1 saturated heterocycles. The summed E-state index contributed by atoms with van der Waals surface area (Å²) in [6.45, 7) is 0.606. The summed E-state index contributed by atoms with van der Waals surface area (Å²) in [6, 6.07) is 7.74. The summed E-state index contributed by atoms with van der Waals surface area (Å²) in [4.78, 5) is 29.7. The fourth-order valence-corrected chi connectivity index (χ4v) is 7.76. The molecule has 1 saturated carbocycles. The number of hydrogen-bond donors (Lipinski definition) is 1. The highest BCUT2D eigenvalue weighted by atomic mass is 19.4.